The number of benzene rings is 1. The summed E-state index contributed by atoms with van der Waals surface area (Å²) < 4.78 is 5.62. The summed E-state index contributed by atoms with van der Waals surface area (Å²) >= 11 is 2.03. The second kappa shape index (κ2) is 6.30. The lowest BCUT2D eigenvalue weighted by molar-refractivity contribution is 0.101. The number of carbonyl (C=O) groups is 1. The molecule has 2 aromatic rings. The molecule has 1 fully saturated rings. The van der Waals surface area contributed by atoms with Crippen LogP contribution in [-0.4, -0.2) is 32.7 Å². The smallest absolute Gasteiger partial charge is 0.269 e. The summed E-state index contributed by atoms with van der Waals surface area (Å²) in [5, 5.41) is 9.95. The van der Waals surface area contributed by atoms with Crippen molar-refractivity contribution in [2.75, 3.05) is 11.5 Å². The van der Waals surface area contributed by atoms with E-state index < -0.39 is 0 Å². The van der Waals surface area contributed by atoms with E-state index >= 15 is 0 Å². The Morgan fingerprint density at radius 3 is 2.67 bits per heavy atom. The lowest BCUT2D eigenvalue weighted by Crippen LogP contribution is -2.07. The van der Waals surface area contributed by atoms with Crippen LogP contribution in [0.15, 0.2) is 24.3 Å². The average Bonchev–Trinajstić information content (AvgIpc) is 2.97. The molecule has 1 N–H and O–H groups in total. The molecule has 2 heterocycles. The van der Waals surface area contributed by atoms with Crippen LogP contribution in [0, 0.1) is 0 Å². The number of nitrogens with one attached hydrogen (secondary N) is 1. The number of thioether (sulfide) groups is 1. The monoisotopic (exact) mass is 303 g/mol. The molecule has 0 radical (unpaired) electrons. The zero-order valence-corrected chi connectivity index (χ0v) is 12.7. The van der Waals surface area contributed by atoms with E-state index in [0.29, 0.717) is 17.4 Å². The lowest BCUT2D eigenvalue weighted by atomic mass is 9.93. The summed E-state index contributed by atoms with van der Waals surface area (Å²) in [7, 11) is 0. The number of carbonyl (C=O) groups excluding carboxylic acids is 1. The maximum absolute atomic E-state index is 11.4. The summed E-state index contributed by atoms with van der Waals surface area (Å²) in [6.07, 6.45) is 2.48. The van der Waals surface area contributed by atoms with Gasteiger partial charge in [-0.3, -0.25) is 9.89 Å². The molecular formula is C15H17N3O2S. The molecule has 6 heteroatoms. The molecule has 0 bridgehead atoms. The van der Waals surface area contributed by atoms with Crippen LogP contribution >= 0.6 is 11.8 Å². The molecule has 1 saturated heterocycles. The number of H-pyrrole nitrogens is 1. The Morgan fingerprint density at radius 1 is 1.29 bits per heavy atom. The van der Waals surface area contributed by atoms with Gasteiger partial charge in [-0.15, -0.1) is 0 Å². The molecule has 21 heavy (non-hydrogen) atoms. The van der Waals surface area contributed by atoms with Crippen molar-refractivity contribution >= 4 is 17.5 Å². The summed E-state index contributed by atoms with van der Waals surface area (Å²) in [5.41, 5.74) is 1.65. The third-order valence-corrected chi connectivity index (χ3v) is 4.70. The van der Waals surface area contributed by atoms with Gasteiger partial charge in [-0.1, -0.05) is 22.4 Å². The van der Waals surface area contributed by atoms with Crippen LogP contribution in [0.2, 0.25) is 0 Å². The predicted octanol–water partition coefficient (Wildman–Crippen LogP) is 3.41. The number of hydrogen-bond acceptors (Lipinski definition) is 5. The van der Waals surface area contributed by atoms with E-state index in [2.05, 4.69) is 27.5 Å². The van der Waals surface area contributed by atoms with Crippen molar-refractivity contribution < 1.29 is 9.53 Å². The van der Waals surface area contributed by atoms with Crippen molar-refractivity contribution in [3.8, 4) is 11.6 Å². The van der Waals surface area contributed by atoms with Crippen LogP contribution in [0.25, 0.3) is 0 Å². The van der Waals surface area contributed by atoms with Gasteiger partial charge >= 0.3 is 0 Å². The molecule has 3 rings (SSSR count). The first-order valence-corrected chi connectivity index (χ1v) is 8.17. The predicted molar refractivity (Wildman–Crippen MR) is 82.2 cm³/mol. The molecule has 0 saturated carbocycles. The molecule has 0 spiro atoms. The van der Waals surface area contributed by atoms with Crippen LogP contribution in [0.4, 0.5) is 0 Å². The highest BCUT2D eigenvalue weighted by Crippen LogP contribution is 2.32. The molecule has 0 amide bonds. The minimum absolute atomic E-state index is 0.147. The molecular weight excluding hydrogens is 286 g/mol. The van der Waals surface area contributed by atoms with Crippen molar-refractivity contribution in [1.82, 2.24) is 15.4 Å². The Kier molecular flexibility index (Phi) is 4.24. The number of aromatic nitrogens is 3. The van der Waals surface area contributed by atoms with Gasteiger partial charge in [0.1, 0.15) is 5.75 Å². The topological polar surface area (TPSA) is 67.9 Å². The molecule has 5 nitrogen and oxygen atoms in total. The first kappa shape index (κ1) is 14.1. The van der Waals surface area contributed by atoms with Crippen LogP contribution in [-0.2, 0) is 0 Å². The van der Waals surface area contributed by atoms with E-state index in [-0.39, 0.29) is 11.7 Å². The van der Waals surface area contributed by atoms with Crippen molar-refractivity contribution in [2.24, 2.45) is 0 Å². The van der Waals surface area contributed by atoms with Gasteiger partial charge in [-0.25, -0.2) is 0 Å². The second-order valence-electron chi connectivity index (χ2n) is 5.11. The Hall–Kier alpha value is -1.82. The highest BCUT2D eigenvalue weighted by Gasteiger charge is 2.17. The van der Waals surface area contributed by atoms with Gasteiger partial charge in [0, 0.05) is 6.92 Å². The van der Waals surface area contributed by atoms with E-state index in [4.69, 9.17) is 4.74 Å². The maximum atomic E-state index is 11.4. The lowest BCUT2D eigenvalue weighted by Gasteiger charge is -2.21. The van der Waals surface area contributed by atoms with Gasteiger partial charge in [-0.05, 0) is 48.0 Å². The number of ketones is 1. The summed E-state index contributed by atoms with van der Waals surface area (Å²) in [4.78, 5) is 11.4. The summed E-state index contributed by atoms with van der Waals surface area (Å²) in [6.45, 7) is 1.45. The Bertz CT molecular complexity index is 618. The zero-order valence-electron chi connectivity index (χ0n) is 11.8. The van der Waals surface area contributed by atoms with Gasteiger partial charge in [-0.2, -0.15) is 11.8 Å². The fourth-order valence-electron chi connectivity index (χ4n) is 2.47. The quantitative estimate of drug-likeness (QED) is 0.877. The first-order chi connectivity index (χ1) is 10.2. The number of nitrogens with zero attached hydrogens (tertiary/aromatic N) is 2. The van der Waals surface area contributed by atoms with Crippen LogP contribution in [0.3, 0.4) is 0 Å². The van der Waals surface area contributed by atoms with Crippen molar-refractivity contribution in [2.45, 2.75) is 25.7 Å². The molecule has 0 atom stereocenters. The molecule has 1 aromatic heterocycles. The van der Waals surface area contributed by atoms with E-state index in [0.717, 1.165) is 0 Å². The number of rotatable bonds is 4. The van der Waals surface area contributed by atoms with E-state index in [9.17, 15) is 4.79 Å². The maximum Gasteiger partial charge on any atom is 0.269 e. The average molecular weight is 303 g/mol. The Morgan fingerprint density at radius 2 is 2.00 bits per heavy atom. The third kappa shape index (κ3) is 3.26. The fraction of sp³-hybridized carbons (Fsp3) is 0.400. The highest BCUT2D eigenvalue weighted by molar-refractivity contribution is 7.99. The molecule has 1 aromatic carbocycles. The SMILES string of the molecule is CC(=O)c1[nH]nnc1Oc1ccc(C2CCSCC2)cc1. The normalized spacial score (nSPS) is 15.9. The summed E-state index contributed by atoms with van der Waals surface area (Å²) in [5.74, 6) is 3.88. The third-order valence-electron chi connectivity index (χ3n) is 3.66. The Balaban J connectivity index is 1.72. The minimum atomic E-state index is -0.147. The zero-order chi connectivity index (χ0) is 14.7. The number of aromatic amines is 1. The Labute approximate surface area is 127 Å². The number of Topliss-reactive ketones (excluding diaryl/α,β-unsaturated/α-hetero) is 1. The highest BCUT2D eigenvalue weighted by atomic mass is 32.2. The fourth-order valence-corrected chi connectivity index (χ4v) is 3.58. The second-order valence-corrected chi connectivity index (χ2v) is 6.33. The van der Waals surface area contributed by atoms with E-state index in [1.54, 1.807) is 0 Å². The van der Waals surface area contributed by atoms with Gasteiger partial charge < -0.3 is 4.74 Å². The summed E-state index contributed by atoms with van der Waals surface area (Å²) in [6, 6.07) is 8.05. The molecule has 0 aliphatic carbocycles. The van der Waals surface area contributed by atoms with Crippen molar-refractivity contribution in [3.63, 3.8) is 0 Å². The van der Waals surface area contributed by atoms with E-state index in [1.807, 2.05) is 23.9 Å². The first-order valence-electron chi connectivity index (χ1n) is 7.01. The van der Waals surface area contributed by atoms with Crippen molar-refractivity contribution in [3.05, 3.63) is 35.5 Å². The van der Waals surface area contributed by atoms with Crippen LogP contribution in [0.1, 0.15) is 41.7 Å². The number of hydrogen-bond donors (Lipinski definition) is 1. The van der Waals surface area contributed by atoms with Gasteiger partial charge in [0.2, 0.25) is 0 Å². The molecule has 0 unspecified atom stereocenters. The van der Waals surface area contributed by atoms with Crippen LogP contribution in [0.5, 0.6) is 11.6 Å². The minimum Gasteiger partial charge on any atom is -0.436 e. The van der Waals surface area contributed by atoms with Gasteiger partial charge in [0.25, 0.3) is 5.88 Å². The molecule has 110 valence electrons. The van der Waals surface area contributed by atoms with E-state index in [1.165, 1.54) is 36.8 Å². The van der Waals surface area contributed by atoms with Gasteiger partial charge in [0.15, 0.2) is 11.5 Å². The van der Waals surface area contributed by atoms with Gasteiger partial charge in [0.05, 0.1) is 0 Å². The number of ether oxygens (including phenoxy) is 1. The van der Waals surface area contributed by atoms with Crippen molar-refractivity contribution in [1.29, 1.82) is 0 Å². The molecule has 1 aliphatic rings. The molecule has 1 aliphatic heterocycles. The largest absolute Gasteiger partial charge is 0.436 e. The van der Waals surface area contributed by atoms with Crippen LogP contribution < -0.4 is 4.74 Å². The standard InChI is InChI=1S/C15H17N3O2S/c1-10(19)14-15(17-18-16-14)20-13-4-2-11(3-5-13)12-6-8-21-9-7-12/h2-5,12H,6-9H2,1H3,(H,16,17,18).